The Bertz CT molecular complexity index is 869. The van der Waals surface area contributed by atoms with Crippen LogP contribution in [0.2, 0.25) is 0 Å². The van der Waals surface area contributed by atoms with Crippen molar-refractivity contribution in [1.29, 1.82) is 0 Å². The number of benzene rings is 1. The highest BCUT2D eigenvalue weighted by atomic mass is 19.1. The Balaban J connectivity index is 1.50. The van der Waals surface area contributed by atoms with Crippen molar-refractivity contribution >= 4 is 17.4 Å². The smallest absolute Gasteiger partial charge is 0.248 e. The number of rotatable bonds is 3. The van der Waals surface area contributed by atoms with E-state index in [1.54, 1.807) is 16.5 Å². The van der Waals surface area contributed by atoms with E-state index in [1.807, 2.05) is 11.9 Å². The molecule has 1 saturated carbocycles. The van der Waals surface area contributed by atoms with E-state index in [0.29, 0.717) is 31.5 Å². The summed E-state index contributed by atoms with van der Waals surface area (Å²) in [5.41, 5.74) is 2.90. The van der Waals surface area contributed by atoms with Gasteiger partial charge in [-0.15, -0.1) is 0 Å². The van der Waals surface area contributed by atoms with Gasteiger partial charge in [0.25, 0.3) is 0 Å². The van der Waals surface area contributed by atoms with Gasteiger partial charge in [-0.3, -0.25) is 19.7 Å². The second-order valence-corrected chi connectivity index (χ2v) is 8.53. The fourth-order valence-electron chi connectivity index (χ4n) is 4.85. The Labute approximate surface area is 168 Å². The minimum absolute atomic E-state index is 0.0811. The molecule has 2 N–H and O–H groups in total. The number of carbonyl (C=O) groups is 2. The number of hydrogen-bond acceptors (Lipinski definition) is 4. The van der Waals surface area contributed by atoms with Crippen LogP contribution in [0, 0.1) is 23.0 Å². The number of halogens is 2. The average molecular weight is 405 g/mol. The molecule has 2 fully saturated rings. The van der Waals surface area contributed by atoms with Crippen LogP contribution in [0.1, 0.15) is 31.2 Å². The number of hydrogen-bond donors (Lipinski definition) is 2. The third kappa shape index (κ3) is 3.79. The van der Waals surface area contributed by atoms with Crippen LogP contribution in [0.15, 0.2) is 24.3 Å². The van der Waals surface area contributed by atoms with E-state index in [-0.39, 0.29) is 11.3 Å². The summed E-state index contributed by atoms with van der Waals surface area (Å²) in [4.78, 5) is 29.1. The van der Waals surface area contributed by atoms with Crippen LogP contribution in [0.5, 0.6) is 0 Å². The summed E-state index contributed by atoms with van der Waals surface area (Å²) in [5.74, 6) is -2.53. The molecule has 1 saturated heterocycles. The molecule has 2 atom stereocenters. The van der Waals surface area contributed by atoms with Crippen LogP contribution >= 0.6 is 0 Å². The minimum Gasteiger partial charge on any atom is -0.337 e. The van der Waals surface area contributed by atoms with Crippen LogP contribution in [0.4, 0.5) is 8.78 Å². The number of hydroxylamine groups is 1. The van der Waals surface area contributed by atoms with E-state index >= 15 is 0 Å². The van der Waals surface area contributed by atoms with Gasteiger partial charge in [0, 0.05) is 31.3 Å². The highest BCUT2D eigenvalue weighted by Gasteiger charge is 2.55. The molecule has 0 radical (unpaired) electrons. The monoisotopic (exact) mass is 405 g/mol. The quantitative estimate of drug-likeness (QED) is 0.597. The molecule has 1 spiro atoms. The summed E-state index contributed by atoms with van der Waals surface area (Å²) in [7, 11) is 1.85. The SMILES string of the molecule is CN1CC2(CC2)C[C@H](C(=O)NO)[C@H]1C(=O)N1CC=C(c2ccc(F)cc2F)CC1. The Kier molecular flexibility index (Phi) is 5.16. The van der Waals surface area contributed by atoms with Gasteiger partial charge in [-0.2, -0.15) is 0 Å². The number of nitrogens with zero attached hydrogens (tertiary/aromatic N) is 2. The second kappa shape index (κ2) is 7.50. The second-order valence-electron chi connectivity index (χ2n) is 8.53. The van der Waals surface area contributed by atoms with Gasteiger partial charge in [-0.05, 0) is 55.9 Å². The maximum atomic E-state index is 14.1. The third-order valence-electron chi connectivity index (χ3n) is 6.55. The number of carbonyl (C=O) groups excluding carboxylic acids is 2. The fourth-order valence-corrected chi connectivity index (χ4v) is 4.85. The van der Waals surface area contributed by atoms with Crippen LogP contribution in [0.25, 0.3) is 5.57 Å². The van der Waals surface area contributed by atoms with Crippen LogP contribution in [0.3, 0.4) is 0 Å². The maximum absolute atomic E-state index is 14.1. The molecule has 8 heteroatoms. The molecule has 2 amide bonds. The van der Waals surface area contributed by atoms with Crippen molar-refractivity contribution in [2.75, 3.05) is 26.7 Å². The van der Waals surface area contributed by atoms with Crippen molar-refractivity contribution in [1.82, 2.24) is 15.3 Å². The number of amides is 2. The molecule has 2 heterocycles. The molecule has 3 aliphatic rings. The average Bonchev–Trinajstić information content (AvgIpc) is 3.45. The lowest BCUT2D eigenvalue weighted by Gasteiger charge is -2.43. The van der Waals surface area contributed by atoms with Crippen LogP contribution < -0.4 is 5.48 Å². The summed E-state index contributed by atoms with van der Waals surface area (Å²) in [5, 5.41) is 9.17. The van der Waals surface area contributed by atoms with E-state index in [0.717, 1.165) is 31.0 Å². The van der Waals surface area contributed by atoms with Gasteiger partial charge >= 0.3 is 0 Å². The molecule has 2 aliphatic heterocycles. The van der Waals surface area contributed by atoms with Gasteiger partial charge in [0.2, 0.25) is 11.8 Å². The number of likely N-dealkylation sites (tertiary alicyclic amines) is 1. The van der Waals surface area contributed by atoms with Crippen LogP contribution in [-0.4, -0.2) is 59.5 Å². The molecule has 4 rings (SSSR count). The molecular weight excluding hydrogens is 380 g/mol. The van der Waals surface area contributed by atoms with Crippen molar-refractivity contribution in [3.63, 3.8) is 0 Å². The van der Waals surface area contributed by atoms with Gasteiger partial charge in [0.05, 0.1) is 5.92 Å². The molecule has 1 aliphatic carbocycles. The van der Waals surface area contributed by atoms with E-state index < -0.39 is 29.5 Å². The predicted octanol–water partition coefficient (Wildman–Crippen LogP) is 2.19. The largest absolute Gasteiger partial charge is 0.337 e. The maximum Gasteiger partial charge on any atom is 0.248 e. The van der Waals surface area contributed by atoms with E-state index in [9.17, 15) is 18.4 Å². The third-order valence-corrected chi connectivity index (χ3v) is 6.55. The zero-order chi connectivity index (χ0) is 20.8. The van der Waals surface area contributed by atoms with Crippen molar-refractivity contribution in [2.45, 2.75) is 31.7 Å². The lowest BCUT2D eigenvalue weighted by molar-refractivity contribution is -0.150. The van der Waals surface area contributed by atoms with E-state index in [4.69, 9.17) is 5.21 Å². The molecule has 6 nitrogen and oxygen atoms in total. The molecule has 1 aromatic carbocycles. The molecule has 1 aromatic rings. The molecular formula is C21H25F2N3O3. The van der Waals surface area contributed by atoms with Crippen molar-refractivity contribution in [2.24, 2.45) is 11.3 Å². The fraction of sp³-hybridized carbons (Fsp3) is 0.524. The summed E-state index contributed by atoms with van der Waals surface area (Å²) in [6.07, 6.45) is 4.89. The van der Waals surface area contributed by atoms with E-state index in [2.05, 4.69) is 0 Å². The first-order chi connectivity index (χ1) is 13.8. The number of likely N-dealkylation sites (N-methyl/N-ethyl adjacent to an activating group) is 1. The van der Waals surface area contributed by atoms with Crippen molar-refractivity contribution in [3.8, 4) is 0 Å². The zero-order valence-electron chi connectivity index (χ0n) is 16.3. The van der Waals surface area contributed by atoms with Gasteiger partial charge in [0.1, 0.15) is 17.7 Å². The normalized spacial score (nSPS) is 26.2. The lowest BCUT2D eigenvalue weighted by Crippen LogP contribution is -2.59. The Morgan fingerprint density at radius 1 is 1.28 bits per heavy atom. The molecule has 0 aromatic heterocycles. The van der Waals surface area contributed by atoms with Gasteiger partial charge in [-0.25, -0.2) is 14.3 Å². The van der Waals surface area contributed by atoms with E-state index in [1.165, 1.54) is 12.1 Å². The Morgan fingerprint density at radius 2 is 2.03 bits per heavy atom. The van der Waals surface area contributed by atoms with Crippen molar-refractivity contribution < 1.29 is 23.6 Å². The standard InChI is InChI=1S/C21H25F2N3O3/c1-25-12-21(6-7-21)11-16(19(27)24-29)18(25)20(28)26-8-4-13(5-9-26)15-3-2-14(22)10-17(15)23/h2-4,10,16,18,29H,5-9,11-12H2,1H3,(H,24,27)/t16-,18-/m0/s1. The topological polar surface area (TPSA) is 72.9 Å². The summed E-state index contributed by atoms with van der Waals surface area (Å²) in [6, 6.07) is 2.86. The molecule has 29 heavy (non-hydrogen) atoms. The molecule has 0 unspecified atom stereocenters. The number of nitrogens with one attached hydrogen (secondary N) is 1. The summed E-state index contributed by atoms with van der Waals surface area (Å²) >= 11 is 0. The number of piperidine rings is 1. The summed E-state index contributed by atoms with van der Waals surface area (Å²) in [6.45, 7) is 1.45. The van der Waals surface area contributed by atoms with Crippen molar-refractivity contribution in [3.05, 3.63) is 41.5 Å². The first kappa shape index (κ1) is 20.0. The zero-order valence-corrected chi connectivity index (χ0v) is 16.3. The highest BCUT2D eigenvalue weighted by Crippen LogP contribution is 2.54. The lowest BCUT2D eigenvalue weighted by atomic mass is 9.80. The summed E-state index contributed by atoms with van der Waals surface area (Å²) < 4.78 is 27.2. The van der Waals surface area contributed by atoms with Gasteiger partial charge in [0.15, 0.2) is 0 Å². The predicted molar refractivity (Wildman–Crippen MR) is 102 cm³/mol. The minimum atomic E-state index is -0.633. The van der Waals surface area contributed by atoms with Crippen LogP contribution in [-0.2, 0) is 9.59 Å². The van der Waals surface area contributed by atoms with Gasteiger partial charge in [-0.1, -0.05) is 6.08 Å². The molecule has 156 valence electrons. The molecule has 0 bridgehead atoms. The Hall–Kier alpha value is -2.32. The van der Waals surface area contributed by atoms with Gasteiger partial charge < -0.3 is 4.90 Å². The first-order valence-corrected chi connectivity index (χ1v) is 9.91. The Morgan fingerprint density at radius 3 is 2.62 bits per heavy atom. The highest BCUT2D eigenvalue weighted by molar-refractivity contribution is 5.90. The first-order valence-electron chi connectivity index (χ1n) is 9.91.